The van der Waals surface area contributed by atoms with Gasteiger partial charge in [0.15, 0.2) is 0 Å². The molecular formula is C23H27ClN4OS. The molecule has 2 aliphatic rings. The SMILES string of the molecule is Clc1ccc(CN2CCCN(Cc3nnc(-c4cc5c(s4)CCCC5)o3)CC2)cc1. The maximum Gasteiger partial charge on any atom is 0.257 e. The van der Waals surface area contributed by atoms with Gasteiger partial charge in [-0.15, -0.1) is 21.5 Å². The van der Waals surface area contributed by atoms with E-state index in [0.29, 0.717) is 5.89 Å². The molecule has 1 fully saturated rings. The van der Waals surface area contributed by atoms with Gasteiger partial charge >= 0.3 is 0 Å². The summed E-state index contributed by atoms with van der Waals surface area (Å²) >= 11 is 7.83. The minimum absolute atomic E-state index is 0.684. The molecule has 0 radical (unpaired) electrons. The van der Waals surface area contributed by atoms with Crippen molar-refractivity contribution in [3.63, 3.8) is 0 Å². The molecule has 1 aliphatic heterocycles. The maximum absolute atomic E-state index is 6.05. The molecule has 30 heavy (non-hydrogen) atoms. The average molecular weight is 443 g/mol. The molecule has 1 aromatic carbocycles. The number of hydrogen-bond donors (Lipinski definition) is 0. The Labute approximate surface area is 186 Å². The minimum atomic E-state index is 0.684. The van der Waals surface area contributed by atoms with Crippen molar-refractivity contribution in [2.24, 2.45) is 0 Å². The number of fused-ring (bicyclic) bond motifs is 1. The van der Waals surface area contributed by atoms with Crippen molar-refractivity contribution in [3.8, 4) is 10.8 Å². The Hall–Kier alpha value is -1.73. The average Bonchev–Trinajstić information content (AvgIpc) is 3.34. The number of thiophene rings is 1. The predicted molar refractivity (Wildman–Crippen MR) is 121 cm³/mol. The van der Waals surface area contributed by atoms with Crippen molar-refractivity contribution in [1.82, 2.24) is 20.0 Å². The predicted octanol–water partition coefficient (Wildman–Crippen LogP) is 5.04. The minimum Gasteiger partial charge on any atom is -0.419 e. The second-order valence-corrected chi connectivity index (χ2v) is 9.87. The molecule has 3 aromatic rings. The molecule has 0 unspecified atom stereocenters. The molecule has 0 bridgehead atoms. The van der Waals surface area contributed by atoms with Gasteiger partial charge in [-0.05, 0) is 74.5 Å². The van der Waals surface area contributed by atoms with Crippen LogP contribution in [0.15, 0.2) is 34.7 Å². The molecule has 2 aromatic heterocycles. The summed E-state index contributed by atoms with van der Waals surface area (Å²) < 4.78 is 6.05. The smallest absolute Gasteiger partial charge is 0.257 e. The maximum atomic E-state index is 6.05. The van der Waals surface area contributed by atoms with Gasteiger partial charge in [-0.25, -0.2) is 0 Å². The summed E-state index contributed by atoms with van der Waals surface area (Å²) in [6.07, 6.45) is 6.12. The van der Waals surface area contributed by atoms with Crippen molar-refractivity contribution in [1.29, 1.82) is 0 Å². The molecule has 5 nitrogen and oxygen atoms in total. The van der Waals surface area contributed by atoms with E-state index in [1.807, 2.05) is 23.5 Å². The van der Waals surface area contributed by atoms with E-state index in [4.69, 9.17) is 16.0 Å². The van der Waals surface area contributed by atoms with Crippen LogP contribution in [0.5, 0.6) is 0 Å². The van der Waals surface area contributed by atoms with Gasteiger partial charge in [-0.1, -0.05) is 23.7 Å². The number of halogens is 1. The molecule has 0 amide bonds. The first-order valence-electron chi connectivity index (χ1n) is 10.9. The van der Waals surface area contributed by atoms with Gasteiger partial charge in [0, 0.05) is 29.5 Å². The highest BCUT2D eigenvalue weighted by Crippen LogP contribution is 2.35. The van der Waals surface area contributed by atoms with Gasteiger partial charge < -0.3 is 4.42 Å². The van der Waals surface area contributed by atoms with Crippen molar-refractivity contribution in [2.45, 2.75) is 45.2 Å². The van der Waals surface area contributed by atoms with Crippen LogP contribution in [0.3, 0.4) is 0 Å². The lowest BCUT2D eigenvalue weighted by molar-refractivity contribution is 0.232. The van der Waals surface area contributed by atoms with Crippen molar-refractivity contribution in [3.05, 3.63) is 57.2 Å². The van der Waals surface area contributed by atoms with E-state index in [9.17, 15) is 0 Å². The third-order valence-electron chi connectivity index (χ3n) is 6.03. The highest BCUT2D eigenvalue weighted by Gasteiger charge is 2.20. The zero-order valence-electron chi connectivity index (χ0n) is 17.1. The van der Waals surface area contributed by atoms with Crippen LogP contribution in [0, 0.1) is 0 Å². The first-order valence-corrected chi connectivity index (χ1v) is 12.1. The molecule has 0 saturated carbocycles. The van der Waals surface area contributed by atoms with Crippen LogP contribution in [-0.2, 0) is 25.9 Å². The number of rotatable bonds is 5. The van der Waals surface area contributed by atoms with Gasteiger partial charge in [0.2, 0.25) is 5.89 Å². The lowest BCUT2D eigenvalue weighted by Crippen LogP contribution is -2.30. The first kappa shape index (κ1) is 20.2. The Balaban J connectivity index is 1.17. The highest BCUT2D eigenvalue weighted by molar-refractivity contribution is 7.15. The summed E-state index contributed by atoms with van der Waals surface area (Å²) in [5, 5.41) is 9.48. The van der Waals surface area contributed by atoms with Crippen molar-refractivity contribution >= 4 is 22.9 Å². The molecule has 1 aliphatic carbocycles. The van der Waals surface area contributed by atoms with Gasteiger partial charge in [-0.3, -0.25) is 9.80 Å². The van der Waals surface area contributed by atoms with Gasteiger partial charge in [0.1, 0.15) is 0 Å². The van der Waals surface area contributed by atoms with Gasteiger partial charge in [0.25, 0.3) is 5.89 Å². The van der Waals surface area contributed by atoms with E-state index in [2.05, 4.69) is 38.2 Å². The van der Waals surface area contributed by atoms with Crippen LogP contribution in [-0.4, -0.2) is 46.2 Å². The Bertz CT molecular complexity index is 960. The van der Waals surface area contributed by atoms with Crippen molar-refractivity contribution in [2.75, 3.05) is 26.2 Å². The third-order valence-corrected chi connectivity index (χ3v) is 7.51. The van der Waals surface area contributed by atoms with Crippen LogP contribution >= 0.6 is 22.9 Å². The number of aryl methyl sites for hydroxylation is 2. The van der Waals surface area contributed by atoms with E-state index < -0.39 is 0 Å². The number of benzene rings is 1. The summed E-state index contributed by atoms with van der Waals surface area (Å²) in [5.41, 5.74) is 2.79. The molecule has 0 atom stereocenters. The molecule has 0 N–H and O–H groups in total. The van der Waals surface area contributed by atoms with E-state index >= 15 is 0 Å². The summed E-state index contributed by atoms with van der Waals surface area (Å²) in [7, 11) is 0. The second-order valence-electron chi connectivity index (χ2n) is 8.30. The van der Waals surface area contributed by atoms with Gasteiger partial charge in [-0.2, -0.15) is 0 Å². The lowest BCUT2D eigenvalue weighted by Gasteiger charge is -2.21. The quantitative estimate of drug-likeness (QED) is 0.554. The van der Waals surface area contributed by atoms with Crippen molar-refractivity contribution < 1.29 is 4.42 Å². The Kier molecular flexibility index (Phi) is 6.18. The molecule has 158 valence electrons. The second kappa shape index (κ2) is 9.18. The van der Waals surface area contributed by atoms with Crippen LogP contribution in [0.1, 0.15) is 41.2 Å². The fourth-order valence-corrected chi connectivity index (χ4v) is 5.69. The molecule has 1 saturated heterocycles. The first-order chi connectivity index (χ1) is 14.7. The van der Waals surface area contributed by atoms with E-state index in [1.165, 1.54) is 41.7 Å². The molecular weight excluding hydrogens is 416 g/mol. The monoisotopic (exact) mass is 442 g/mol. The van der Waals surface area contributed by atoms with Crippen LogP contribution < -0.4 is 0 Å². The Morgan fingerprint density at radius 1 is 0.900 bits per heavy atom. The lowest BCUT2D eigenvalue weighted by atomic mass is 9.99. The largest absolute Gasteiger partial charge is 0.419 e. The van der Waals surface area contributed by atoms with E-state index in [0.717, 1.165) is 61.5 Å². The highest BCUT2D eigenvalue weighted by atomic mass is 35.5. The van der Waals surface area contributed by atoms with Gasteiger partial charge in [0.05, 0.1) is 11.4 Å². The fraction of sp³-hybridized carbons (Fsp3) is 0.478. The van der Waals surface area contributed by atoms with E-state index in [1.54, 1.807) is 0 Å². The number of hydrogen-bond acceptors (Lipinski definition) is 6. The number of nitrogens with zero attached hydrogens (tertiary/aromatic N) is 4. The zero-order chi connectivity index (χ0) is 20.3. The molecule has 0 spiro atoms. The molecule has 3 heterocycles. The third kappa shape index (κ3) is 4.78. The summed E-state index contributed by atoms with van der Waals surface area (Å²) in [5.74, 6) is 1.41. The summed E-state index contributed by atoms with van der Waals surface area (Å²) in [6, 6.07) is 10.4. The number of aromatic nitrogens is 2. The van der Waals surface area contributed by atoms with Crippen LogP contribution in [0.25, 0.3) is 10.8 Å². The topological polar surface area (TPSA) is 45.4 Å². The summed E-state index contributed by atoms with van der Waals surface area (Å²) in [6.45, 7) is 5.92. The summed E-state index contributed by atoms with van der Waals surface area (Å²) in [4.78, 5) is 7.58. The standard InChI is InChI=1S/C23H27ClN4OS/c24-19-8-6-17(7-9-19)15-27-10-3-11-28(13-12-27)16-22-25-26-23(29-22)21-14-18-4-1-2-5-20(18)30-21/h6-9,14H,1-5,10-13,15-16H2. The van der Waals surface area contributed by atoms with Crippen LogP contribution in [0.4, 0.5) is 0 Å². The Morgan fingerprint density at radius 3 is 2.47 bits per heavy atom. The fourth-order valence-electron chi connectivity index (χ4n) is 4.39. The normalized spacial score (nSPS) is 18.3. The van der Waals surface area contributed by atoms with E-state index in [-0.39, 0.29) is 0 Å². The Morgan fingerprint density at radius 2 is 1.67 bits per heavy atom. The molecule has 5 rings (SSSR count). The molecule has 7 heteroatoms. The van der Waals surface area contributed by atoms with Crippen LogP contribution in [0.2, 0.25) is 5.02 Å². The zero-order valence-corrected chi connectivity index (χ0v) is 18.7.